The van der Waals surface area contributed by atoms with E-state index in [0.717, 1.165) is 62.3 Å². The van der Waals surface area contributed by atoms with Crippen LogP contribution in [0.1, 0.15) is 57.1 Å². The SMILES string of the molecule is CCOc1cc(CN2CCC(n3ccc4[nH]cnc4c3=O)CC2)ccc1OC1CCCC1. The average Bonchev–Trinajstić information content (AvgIpc) is 3.49. The summed E-state index contributed by atoms with van der Waals surface area (Å²) in [6.07, 6.45) is 10.5. The van der Waals surface area contributed by atoms with Gasteiger partial charge in [0.15, 0.2) is 17.0 Å². The third-order valence-corrected chi connectivity index (χ3v) is 6.77. The highest BCUT2D eigenvalue weighted by molar-refractivity contribution is 5.72. The Morgan fingerprint density at radius 1 is 1.09 bits per heavy atom. The smallest absolute Gasteiger partial charge is 0.278 e. The number of H-pyrrole nitrogens is 1. The van der Waals surface area contributed by atoms with E-state index >= 15 is 0 Å². The van der Waals surface area contributed by atoms with Gasteiger partial charge in [-0.25, -0.2) is 4.98 Å². The van der Waals surface area contributed by atoms with Gasteiger partial charge in [0.25, 0.3) is 5.56 Å². The van der Waals surface area contributed by atoms with Crippen molar-refractivity contribution >= 4 is 11.0 Å². The van der Waals surface area contributed by atoms with Crippen LogP contribution in [0, 0.1) is 0 Å². The van der Waals surface area contributed by atoms with Gasteiger partial charge in [0.2, 0.25) is 0 Å². The van der Waals surface area contributed by atoms with Crippen molar-refractivity contribution in [2.24, 2.45) is 0 Å². The molecule has 1 N–H and O–H groups in total. The Morgan fingerprint density at radius 3 is 2.69 bits per heavy atom. The minimum Gasteiger partial charge on any atom is -0.490 e. The lowest BCUT2D eigenvalue weighted by Crippen LogP contribution is -2.37. The Bertz CT molecular complexity index is 1110. The van der Waals surface area contributed by atoms with Crippen molar-refractivity contribution in [2.75, 3.05) is 19.7 Å². The number of hydrogen-bond donors (Lipinski definition) is 1. The number of nitrogens with one attached hydrogen (secondary N) is 1. The summed E-state index contributed by atoms with van der Waals surface area (Å²) in [5.41, 5.74) is 2.56. The molecule has 1 aromatic carbocycles. The van der Waals surface area contributed by atoms with E-state index in [0.29, 0.717) is 18.2 Å². The van der Waals surface area contributed by atoms with Crippen LogP contribution in [-0.2, 0) is 6.54 Å². The fourth-order valence-electron chi connectivity index (χ4n) is 5.05. The highest BCUT2D eigenvalue weighted by Crippen LogP contribution is 2.33. The molecule has 3 aromatic rings. The Kier molecular flexibility index (Phi) is 6.17. The molecule has 7 nitrogen and oxygen atoms in total. The third kappa shape index (κ3) is 4.39. The average molecular weight is 437 g/mol. The first-order valence-electron chi connectivity index (χ1n) is 11.9. The summed E-state index contributed by atoms with van der Waals surface area (Å²) in [5.74, 6) is 1.72. The molecule has 5 rings (SSSR count). The number of aromatic amines is 1. The van der Waals surface area contributed by atoms with Crippen LogP contribution in [-0.4, -0.2) is 45.2 Å². The number of benzene rings is 1. The van der Waals surface area contributed by atoms with E-state index < -0.39 is 0 Å². The summed E-state index contributed by atoms with van der Waals surface area (Å²) in [6, 6.07) is 8.54. The largest absolute Gasteiger partial charge is 0.490 e. The van der Waals surface area contributed by atoms with Crippen LogP contribution in [0.15, 0.2) is 41.6 Å². The molecule has 0 unspecified atom stereocenters. The zero-order chi connectivity index (χ0) is 21.9. The van der Waals surface area contributed by atoms with Crippen molar-refractivity contribution in [2.45, 2.75) is 64.1 Å². The van der Waals surface area contributed by atoms with Gasteiger partial charge in [-0.1, -0.05) is 6.07 Å². The quantitative estimate of drug-likeness (QED) is 0.598. The van der Waals surface area contributed by atoms with E-state index in [9.17, 15) is 4.79 Å². The van der Waals surface area contributed by atoms with E-state index in [-0.39, 0.29) is 11.6 Å². The lowest BCUT2D eigenvalue weighted by Gasteiger charge is -2.33. The molecule has 0 amide bonds. The topological polar surface area (TPSA) is 72.4 Å². The zero-order valence-electron chi connectivity index (χ0n) is 18.8. The maximum Gasteiger partial charge on any atom is 0.278 e. The molecule has 170 valence electrons. The van der Waals surface area contributed by atoms with Gasteiger partial charge >= 0.3 is 0 Å². The molecule has 0 bridgehead atoms. The van der Waals surface area contributed by atoms with Crippen LogP contribution in [0.2, 0.25) is 0 Å². The second-order valence-electron chi connectivity index (χ2n) is 8.94. The second kappa shape index (κ2) is 9.36. The number of ether oxygens (including phenoxy) is 2. The van der Waals surface area contributed by atoms with Crippen LogP contribution in [0.5, 0.6) is 11.5 Å². The van der Waals surface area contributed by atoms with Gasteiger partial charge in [-0.2, -0.15) is 0 Å². The van der Waals surface area contributed by atoms with E-state index in [4.69, 9.17) is 9.47 Å². The van der Waals surface area contributed by atoms with Crippen molar-refractivity contribution in [3.8, 4) is 11.5 Å². The van der Waals surface area contributed by atoms with Crippen molar-refractivity contribution in [1.82, 2.24) is 19.4 Å². The Hall–Kier alpha value is -2.80. The number of pyridine rings is 1. The maximum absolute atomic E-state index is 12.8. The predicted octanol–water partition coefficient (Wildman–Crippen LogP) is 4.28. The number of piperidine rings is 1. The van der Waals surface area contributed by atoms with Crippen molar-refractivity contribution in [3.63, 3.8) is 0 Å². The molecule has 1 saturated heterocycles. The number of fused-ring (bicyclic) bond motifs is 1. The van der Waals surface area contributed by atoms with Gasteiger partial charge in [0.1, 0.15) is 0 Å². The van der Waals surface area contributed by atoms with Gasteiger partial charge < -0.3 is 19.0 Å². The molecule has 1 saturated carbocycles. The minimum atomic E-state index is 0.00130. The monoisotopic (exact) mass is 436 g/mol. The van der Waals surface area contributed by atoms with E-state index in [1.54, 1.807) is 6.33 Å². The minimum absolute atomic E-state index is 0.00130. The summed E-state index contributed by atoms with van der Waals surface area (Å²) in [5, 5.41) is 0. The lowest BCUT2D eigenvalue weighted by molar-refractivity contribution is 0.177. The second-order valence-corrected chi connectivity index (χ2v) is 8.94. The summed E-state index contributed by atoms with van der Waals surface area (Å²) < 4.78 is 14.0. The lowest BCUT2D eigenvalue weighted by atomic mass is 10.0. The van der Waals surface area contributed by atoms with Gasteiger partial charge in [0, 0.05) is 31.9 Å². The highest BCUT2D eigenvalue weighted by Gasteiger charge is 2.23. The van der Waals surface area contributed by atoms with E-state index in [1.165, 1.54) is 18.4 Å². The molecule has 2 fully saturated rings. The normalized spacial score (nSPS) is 18.4. The maximum atomic E-state index is 12.8. The molecule has 2 aliphatic rings. The fraction of sp³-hybridized carbons (Fsp3) is 0.520. The third-order valence-electron chi connectivity index (χ3n) is 6.77. The summed E-state index contributed by atoms with van der Waals surface area (Å²) in [6.45, 7) is 5.44. The summed E-state index contributed by atoms with van der Waals surface area (Å²) >= 11 is 0. The number of hydrogen-bond acceptors (Lipinski definition) is 5. The van der Waals surface area contributed by atoms with E-state index in [2.05, 4.69) is 33.1 Å². The molecule has 0 radical (unpaired) electrons. The molecule has 1 aliphatic heterocycles. The van der Waals surface area contributed by atoms with Gasteiger partial charge in [-0.3, -0.25) is 9.69 Å². The Labute approximate surface area is 188 Å². The predicted molar refractivity (Wildman–Crippen MR) is 124 cm³/mol. The van der Waals surface area contributed by atoms with Crippen LogP contribution in [0.4, 0.5) is 0 Å². The number of likely N-dealkylation sites (tertiary alicyclic amines) is 1. The van der Waals surface area contributed by atoms with E-state index in [1.807, 2.05) is 23.8 Å². The number of rotatable bonds is 7. The molecule has 3 heterocycles. The molecule has 1 aliphatic carbocycles. The van der Waals surface area contributed by atoms with Crippen LogP contribution >= 0.6 is 0 Å². The molecular formula is C25H32N4O3. The van der Waals surface area contributed by atoms with Crippen LogP contribution in [0.25, 0.3) is 11.0 Å². The van der Waals surface area contributed by atoms with Gasteiger partial charge in [0.05, 0.1) is 24.6 Å². The molecular weight excluding hydrogens is 404 g/mol. The fourth-order valence-corrected chi connectivity index (χ4v) is 5.05. The molecule has 0 atom stereocenters. The molecule has 0 spiro atoms. The highest BCUT2D eigenvalue weighted by atomic mass is 16.5. The van der Waals surface area contributed by atoms with Crippen LogP contribution in [0.3, 0.4) is 0 Å². The first kappa shape index (κ1) is 21.1. The Balaban J connectivity index is 1.22. The van der Waals surface area contributed by atoms with Gasteiger partial charge in [-0.15, -0.1) is 0 Å². The van der Waals surface area contributed by atoms with Crippen molar-refractivity contribution in [3.05, 3.63) is 52.7 Å². The standard InChI is InChI=1S/C25H32N4O3/c1-2-31-23-15-18(7-8-22(23)32-20-5-3-4-6-20)16-28-12-9-19(10-13-28)29-14-11-21-24(25(29)30)27-17-26-21/h7-8,11,14-15,17,19-20H,2-6,9-10,12-13,16H2,1H3,(H,26,27). The van der Waals surface area contributed by atoms with Gasteiger partial charge in [-0.05, 0) is 69.2 Å². The van der Waals surface area contributed by atoms with Crippen LogP contribution < -0.4 is 15.0 Å². The molecule has 2 aromatic heterocycles. The number of aromatic nitrogens is 3. The number of nitrogens with zero attached hydrogens (tertiary/aromatic N) is 3. The Morgan fingerprint density at radius 2 is 1.91 bits per heavy atom. The summed E-state index contributed by atoms with van der Waals surface area (Å²) in [4.78, 5) is 22.4. The molecule has 7 heteroatoms. The first-order valence-corrected chi connectivity index (χ1v) is 11.9. The zero-order valence-corrected chi connectivity index (χ0v) is 18.8. The number of imidazole rings is 1. The van der Waals surface area contributed by atoms with Crippen molar-refractivity contribution < 1.29 is 9.47 Å². The summed E-state index contributed by atoms with van der Waals surface area (Å²) in [7, 11) is 0. The van der Waals surface area contributed by atoms with Crippen molar-refractivity contribution in [1.29, 1.82) is 0 Å². The first-order chi connectivity index (χ1) is 15.7. The molecule has 32 heavy (non-hydrogen) atoms.